The van der Waals surface area contributed by atoms with Gasteiger partial charge in [0.05, 0.1) is 6.54 Å². The average Bonchev–Trinajstić information content (AvgIpc) is 2.20. The van der Waals surface area contributed by atoms with Gasteiger partial charge in [-0.25, -0.2) is 4.79 Å². The van der Waals surface area contributed by atoms with Gasteiger partial charge in [-0.05, 0) is 27.7 Å². The number of carbonyl (C=O) groups is 2. The van der Waals surface area contributed by atoms with E-state index in [9.17, 15) is 9.59 Å². The molecule has 6 heteroatoms. The molecule has 0 spiro atoms. The molecule has 0 saturated heterocycles. The van der Waals surface area contributed by atoms with Crippen molar-refractivity contribution in [2.24, 2.45) is 5.73 Å². The second kappa shape index (κ2) is 7.89. The van der Waals surface area contributed by atoms with Crippen LogP contribution in [0.15, 0.2) is 0 Å². The van der Waals surface area contributed by atoms with Crippen LogP contribution in [0.4, 0.5) is 4.79 Å². The van der Waals surface area contributed by atoms with E-state index in [4.69, 9.17) is 5.73 Å². The number of amides is 3. The molecule has 0 aromatic carbocycles. The summed E-state index contributed by atoms with van der Waals surface area (Å²) in [5, 5.41) is 5.05. The van der Waals surface area contributed by atoms with Gasteiger partial charge in [-0.15, -0.1) is 0 Å². The molecular weight excluding hydrogens is 220 g/mol. The minimum atomic E-state index is -0.550. The molecule has 0 radical (unpaired) electrons. The predicted molar refractivity (Wildman–Crippen MR) is 67.6 cm³/mol. The Morgan fingerprint density at radius 3 is 2.06 bits per heavy atom. The molecule has 0 aliphatic heterocycles. The molecule has 0 heterocycles. The topological polar surface area (TPSA) is 87.5 Å². The zero-order valence-corrected chi connectivity index (χ0v) is 11.1. The van der Waals surface area contributed by atoms with E-state index in [1.54, 1.807) is 0 Å². The van der Waals surface area contributed by atoms with Crippen molar-refractivity contribution in [3.63, 3.8) is 0 Å². The van der Waals surface area contributed by atoms with Crippen molar-refractivity contribution >= 4 is 11.9 Å². The first-order valence-corrected chi connectivity index (χ1v) is 5.90. The van der Waals surface area contributed by atoms with Crippen LogP contribution in [0.1, 0.15) is 27.7 Å². The van der Waals surface area contributed by atoms with Gasteiger partial charge in [-0.2, -0.15) is 0 Å². The number of nitrogens with two attached hydrogens (primary N) is 1. The highest BCUT2D eigenvalue weighted by molar-refractivity contribution is 5.82. The molecule has 4 N–H and O–H groups in total. The second-order valence-electron chi connectivity index (χ2n) is 4.50. The van der Waals surface area contributed by atoms with E-state index in [0.717, 1.165) is 6.54 Å². The molecule has 0 fully saturated rings. The lowest BCUT2D eigenvalue weighted by atomic mass is 10.2. The summed E-state index contributed by atoms with van der Waals surface area (Å²) in [6.45, 7) is 9.66. The Morgan fingerprint density at radius 1 is 1.12 bits per heavy atom. The summed E-state index contributed by atoms with van der Waals surface area (Å²) in [4.78, 5) is 23.9. The van der Waals surface area contributed by atoms with Gasteiger partial charge in [-0.3, -0.25) is 9.69 Å². The summed E-state index contributed by atoms with van der Waals surface area (Å²) in [6, 6.07) is 0.507. The van der Waals surface area contributed by atoms with Crippen molar-refractivity contribution in [2.75, 3.05) is 19.6 Å². The van der Waals surface area contributed by atoms with Crippen molar-refractivity contribution in [1.82, 2.24) is 15.5 Å². The third kappa shape index (κ3) is 7.57. The Kier molecular flexibility index (Phi) is 7.29. The molecule has 0 rings (SSSR count). The minimum Gasteiger partial charge on any atom is -0.368 e. The average molecular weight is 244 g/mol. The van der Waals surface area contributed by atoms with E-state index >= 15 is 0 Å². The van der Waals surface area contributed by atoms with Gasteiger partial charge >= 0.3 is 6.03 Å². The van der Waals surface area contributed by atoms with Crippen LogP contribution in [0.25, 0.3) is 0 Å². The number of hydrogen-bond acceptors (Lipinski definition) is 3. The zero-order chi connectivity index (χ0) is 13.4. The minimum absolute atomic E-state index is 0.135. The maximum atomic E-state index is 11.2. The molecule has 0 atom stereocenters. The van der Waals surface area contributed by atoms with Gasteiger partial charge in [-0.1, -0.05) is 0 Å². The molecule has 0 bridgehead atoms. The predicted octanol–water partition coefficient (Wildman–Crippen LogP) is -0.110. The molecule has 0 saturated carbocycles. The normalized spacial score (nSPS) is 11.0. The fourth-order valence-corrected chi connectivity index (χ4v) is 1.64. The zero-order valence-electron chi connectivity index (χ0n) is 11.1. The number of carbonyl (C=O) groups excluding carboxylic acids is 2. The number of rotatable bonds is 7. The monoisotopic (exact) mass is 244 g/mol. The molecule has 6 nitrogen and oxygen atoms in total. The van der Waals surface area contributed by atoms with Crippen LogP contribution in [0.3, 0.4) is 0 Å². The van der Waals surface area contributed by atoms with E-state index in [1.807, 2.05) is 0 Å². The first-order chi connectivity index (χ1) is 7.84. The van der Waals surface area contributed by atoms with Gasteiger partial charge in [0.15, 0.2) is 0 Å². The van der Waals surface area contributed by atoms with Crippen LogP contribution in [-0.4, -0.2) is 48.6 Å². The summed E-state index contributed by atoms with van der Waals surface area (Å²) in [7, 11) is 0. The van der Waals surface area contributed by atoms with Crippen LogP contribution >= 0.6 is 0 Å². The van der Waals surface area contributed by atoms with Crippen LogP contribution in [0.2, 0.25) is 0 Å². The number of nitrogens with one attached hydrogen (secondary N) is 2. The van der Waals surface area contributed by atoms with E-state index in [-0.39, 0.29) is 12.6 Å². The number of nitrogens with zero attached hydrogens (tertiary/aromatic N) is 1. The maximum absolute atomic E-state index is 11.2. The van der Waals surface area contributed by atoms with Crippen LogP contribution in [-0.2, 0) is 4.79 Å². The smallest absolute Gasteiger partial charge is 0.315 e. The second-order valence-corrected chi connectivity index (χ2v) is 4.50. The molecule has 3 amide bonds. The van der Waals surface area contributed by atoms with Gasteiger partial charge in [0.2, 0.25) is 5.91 Å². The number of hydrogen-bond donors (Lipinski definition) is 3. The third-order valence-corrected chi connectivity index (χ3v) is 2.41. The van der Waals surface area contributed by atoms with Crippen molar-refractivity contribution in [3.05, 3.63) is 0 Å². The number of urea groups is 1. The highest BCUT2D eigenvalue weighted by atomic mass is 16.2. The van der Waals surface area contributed by atoms with Crippen molar-refractivity contribution < 1.29 is 9.59 Å². The molecule has 0 aliphatic carbocycles. The van der Waals surface area contributed by atoms with Crippen molar-refractivity contribution in [3.8, 4) is 0 Å². The molecular formula is C11H24N4O2. The Balaban J connectivity index is 3.81. The van der Waals surface area contributed by atoms with Crippen LogP contribution < -0.4 is 16.4 Å². The fraction of sp³-hybridized carbons (Fsp3) is 0.818. The summed E-state index contributed by atoms with van der Waals surface area (Å²) in [5.74, 6) is -0.550. The molecule has 100 valence electrons. The van der Waals surface area contributed by atoms with Crippen molar-refractivity contribution in [1.29, 1.82) is 0 Å². The lowest BCUT2D eigenvalue weighted by molar-refractivity contribution is -0.117. The lowest BCUT2D eigenvalue weighted by Crippen LogP contribution is -2.46. The Hall–Kier alpha value is -1.30. The standard InChI is InChI=1S/C11H24N4O2/c1-8(2)15(9(3)4)6-5-13-11(17)14-7-10(12)16/h8-9H,5-7H2,1-4H3,(H2,12,16)(H2,13,14,17). The molecule has 0 aliphatic rings. The van der Waals surface area contributed by atoms with Crippen molar-refractivity contribution in [2.45, 2.75) is 39.8 Å². The van der Waals surface area contributed by atoms with Gasteiger partial charge in [0, 0.05) is 25.2 Å². The Bertz CT molecular complexity index is 246. The van der Waals surface area contributed by atoms with Gasteiger partial charge in [0.1, 0.15) is 0 Å². The van der Waals surface area contributed by atoms with E-state index in [2.05, 4.69) is 43.2 Å². The summed E-state index contributed by atoms with van der Waals surface area (Å²) < 4.78 is 0. The highest BCUT2D eigenvalue weighted by Gasteiger charge is 2.12. The summed E-state index contributed by atoms with van der Waals surface area (Å²) >= 11 is 0. The maximum Gasteiger partial charge on any atom is 0.315 e. The molecule has 0 aromatic rings. The van der Waals surface area contributed by atoms with Gasteiger partial charge in [0.25, 0.3) is 0 Å². The third-order valence-electron chi connectivity index (χ3n) is 2.41. The molecule has 0 unspecified atom stereocenters. The van der Waals surface area contributed by atoms with Crippen LogP contribution in [0, 0.1) is 0 Å². The van der Waals surface area contributed by atoms with E-state index < -0.39 is 5.91 Å². The SMILES string of the molecule is CC(C)N(CCNC(=O)NCC(N)=O)C(C)C. The fourth-order valence-electron chi connectivity index (χ4n) is 1.64. The Labute approximate surface area is 103 Å². The first kappa shape index (κ1) is 15.7. The quantitative estimate of drug-likeness (QED) is 0.584. The highest BCUT2D eigenvalue weighted by Crippen LogP contribution is 2.02. The van der Waals surface area contributed by atoms with E-state index in [1.165, 1.54) is 0 Å². The lowest BCUT2D eigenvalue weighted by Gasteiger charge is -2.30. The molecule has 17 heavy (non-hydrogen) atoms. The Morgan fingerprint density at radius 2 is 1.65 bits per heavy atom. The summed E-state index contributed by atoms with van der Waals surface area (Å²) in [6.07, 6.45) is 0. The molecule has 0 aromatic heterocycles. The largest absolute Gasteiger partial charge is 0.368 e. The van der Waals surface area contributed by atoms with Crippen LogP contribution in [0.5, 0.6) is 0 Å². The summed E-state index contributed by atoms with van der Waals surface area (Å²) in [5.41, 5.74) is 4.91. The first-order valence-electron chi connectivity index (χ1n) is 5.90. The van der Waals surface area contributed by atoms with E-state index in [0.29, 0.717) is 18.6 Å². The van der Waals surface area contributed by atoms with Gasteiger partial charge < -0.3 is 16.4 Å². The number of primary amides is 1.